The minimum atomic E-state index is 0.323. The number of aromatic nitrogens is 2. The van der Waals surface area contributed by atoms with Gasteiger partial charge in [-0.25, -0.2) is 9.97 Å². The van der Waals surface area contributed by atoms with E-state index >= 15 is 0 Å². The molecule has 1 aliphatic rings. The first kappa shape index (κ1) is 10.4. The van der Waals surface area contributed by atoms with Crippen molar-refractivity contribution in [3.05, 3.63) is 18.0 Å². The average Bonchev–Trinajstić information content (AvgIpc) is 2.25. The number of nitrogens with zero attached hydrogens (tertiary/aromatic N) is 2. The van der Waals surface area contributed by atoms with Crippen LogP contribution in [0.3, 0.4) is 0 Å². The molecule has 0 amide bonds. The van der Waals surface area contributed by atoms with E-state index in [1.807, 2.05) is 6.92 Å². The van der Waals surface area contributed by atoms with Crippen molar-refractivity contribution in [2.24, 2.45) is 5.92 Å². The zero-order valence-electron chi connectivity index (χ0n) is 9.44. The number of hydrogen-bond donors (Lipinski definition) is 0. The van der Waals surface area contributed by atoms with Crippen LogP contribution in [0, 0.1) is 12.8 Å². The lowest BCUT2D eigenvalue weighted by atomic mass is 9.89. The van der Waals surface area contributed by atoms with Crippen LogP contribution < -0.4 is 4.74 Å². The van der Waals surface area contributed by atoms with Gasteiger partial charge in [0.1, 0.15) is 6.10 Å². The standard InChI is InChI=1S/C12H18N2O/c1-9-3-5-11(6-4-9)15-12-13-7-10(2)8-14-12/h7-9,11H,3-6H2,1-2H3. The number of rotatable bonds is 2. The van der Waals surface area contributed by atoms with Gasteiger partial charge in [0.05, 0.1) is 0 Å². The Morgan fingerprint density at radius 3 is 2.33 bits per heavy atom. The highest BCUT2D eigenvalue weighted by Gasteiger charge is 2.20. The zero-order valence-corrected chi connectivity index (χ0v) is 9.44. The first-order valence-electron chi connectivity index (χ1n) is 5.69. The summed E-state index contributed by atoms with van der Waals surface area (Å²) < 4.78 is 5.74. The van der Waals surface area contributed by atoms with Crippen LogP contribution in [0.15, 0.2) is 12.4 Å². The summed E-state index contributed by atoms with van der Waals surface area (Å²) in [6, 6.07) is 0.528. The summed E-state index contributed by atoms with van der Waals surface area (Å²) in [7, 11) is 0. The van der Waals surface area contributed by atoms with Gasteiger partial charge >= 0.3 is 6.01 Å². The molecule has 1 heterocycles. The molecule has 0 spiro atoms. The van der Waals surface area contributed by atoms with E-state index in [2.05, 4.69) is 16.9 Å². The molecule has 82 valence electrons. The normalized spacial score (nSPS) is 26.3. The molecule has 0 saturated heterocycles. The van der Waals surface area contributed by atoms with Gasteiger partial charge in [0.2, 0.25) is 0 Å². The van der Waals surface area contributed by atoms with Crippen molar-refractivity contribution in [1.29, 1.82) is 0 Å². The summed E-state index contributed by atoms with van der Waals surface area (Å²) in [6.07, 6.45) is 8.72. The van der Waals surface area contributed by atoms with Crippen LogP contribution in [0.25, 0.3) is 0 Å². The van der Waals surface area contributed by atoms with Crippen molar-refractivity contribution in [3.63, 3.8) is 0 Å². The van der Waals surface area contributed by atoms with Gasteiger partial charge in [0, 0.05) is 12.4 Å². The van der Waals surface area contributed by atoms with Crippen molar-refractivity contribution in [1.82, 2.24) is 9.97 Å². The smallest absolute Gasteiger partial charge is 0.316 e. The molecule has 0 aromatic carbocycles. The van der Waals surface area contributed by atoms with E-state index < -0.39 is 0 Å². The zero-order chi connectivity index (χ0) is 10.7. The van der Waals surface area contributed by atoms with E-state index in [0.29, 0.717) is 12.1 Å². The van der Waals surface area contributed by atoms with Crippen LogP contribution >= 0.6 is 0 Å². The summed E-state index contributed by atoms with van der Waals surface area (Å²) in [5, 5.41) is 0. The first-order chi connectivity index (χ1) is 7.24. The van der Waals surface area contributed by atoms with E-state index in [9.17, 15) is 0 Å². The summed E-state index contributed by atoms with van der Waals surface area (Å²) in [6.45, 7) is 4.28. The molecular weight excluding hydrogens is 188 g/mol. The fraction of sp³-hybridized carbons (Fsp3) is 0.667. The SMILES string of the molecule is Cc1cnc(OC2CCC(C)CC2)nc1. The third kappa shape index (κ3) is 2.91. The van der Waals surface area contributed by atoms with Crippen molar-refractivity contribution < 1.29 is 4.74 Å². The van der Waals surface area contributed by atoms with Gasteiger partial charge in [-0.15, -0.1) is 0 Å². The predicted molar refractivity (Wildman–Crippen MR) is 58.8 cm³/mol. The minimum absolute atomic E-state index is 0.323. The van der Waals surface area contributed by atoms with E-state index in [-0.39, 0.29) is 0 Å². The van der Waals surface area contributed by atoms with Gasteiger partial charge in [0.15, 0.2) is 0 Å². The molecule has 0 radical (unpaired) electrons. The van der Waals surface area contributed by atoms with Gasteiger partial charge in [-0.1, -0.05) is 6.92 Å². The van der Waals surface area contributed by atoms with E-state index in [0.717, 1.165) is 24.3 Å². The second-order valence-electron chi connectivity index (χ2n) is 4.54. The maximum absolute atomic E-state index is 5.74. The van der Waals surface area contributed by atoms with Crippen LogP contribution in [0.4, 0.5) is 0 Å². The van der Waals surface area contributed by atoms with Crippen molar-refractivity contribution in [2.45, 2.75) is 45.6 Å². The van der Waals surface area contributed by atoms with E-state index in [1.165, 1.54) is 12.8 Å². The monoisotopic (exact) mass is 206 g/mol. The molecule has 2 rings (SSSR count). The Hall–Kier alpha value is -1.12. The van der Waals surface area contributed by atoms with E-state index in [4.69, 9.17) is 4.74 Å². The molecule has 1 fully saturated rings. The van der Waals surface area contributed by atoms with Crippen molar-refractivity contribution in [3.8, 4) is 6.01 Å². The summed E-state index contributed by atoms with van der Waals surface area (Å²) in [4.78, 5) is 8.32. The molecule has 1 aliphatic carbocycles. The lowest BCUT2D eigenvalue weighted by molar-refractivity contribution is 0.124. The minimum Gasteiger partial charge on any atom is -0.460 e. The Kier molecular flexibility index (Phi) is 3.19. The van der Waals surface area contributed by atoms with E-state index in [1.54, 1.807) is 12.4 Å². The Labute approximate surface area is 90.9 Å². The molecule has 0 N–H and O–H groups in total. The lowest BCUT2D eigenvalue weighted by Crippen LogP contribution is -2.23. The molecule has 0 aliphatic heterocycles. The average molecular weight is 206 g/mol. The maximum Gasteiger partial charge on any atom is 0.316 e. The number of aryl methyl sites for hydroxylation is 1. The second kappa shape index (κ2) is 4.60. The summed E-state index contributed by atoms with van der Waals surface area (Å²) >= 11 is 0. The second-order valence-corrected chi connectivity index (χ2v) is 4.54. The molecule has 3 heteroatoms. The van der Waals surface area contributed by atoms with Gasteiger partial charge in [0.25, 0.3) is 0 Å². The van der Waals surface area contributed by atoms with Gasteiger partial charge in [-0.3, -0.25) is 0 Å². The van der Waals surface area contributed by atoms with Gasteiger partial charge in [-0.05, 0) is 44.1 Å². The highest BCUT2D eigenvalue weighted by atomic mass is 16.5. The molecule has 1 aromatic heterocycles. The molecule has 1 saturated carbocycles. The van der Waals surface area contributed by atoms with Crippen LogP contribution in [0.1, 0.15) is 38.2 Å². The fourth-order valence-electron chi connectivity index (χ4n) is 1.94. The van der Waals surface area contributed by atoms with Crippen LogP contribution in [-0.4, -0.2) is 16.1 Å². The Morgan fingerprint density at radius 1 is 1.13 bits per heavy atom. The fourth-order valence-corrected chi connectivity index (χ4v) is 1.94. The first-order valence-corrected chi connectivity index (χ1v) is 5.69. The third-order valence-electron chi connectivity index (χ3n) is 2.99. The molecular formula is C12H18N2O. The summed E-state index contributed by atoms with van der Waals surface area (Å²) in [5.41, 5.74) is 1.07. The number of ether oxygens (including phenoxy) is 1. The largest absolute Gasteiger partial charge is 0.460 e. The molecule has 0 unspecified atom stereocenters. The third-order valence-corrected chi connectivity index (χ3v) is 2.99. The van der Waals surface area contributed by atoms with Crippen molar-refractivity contribution >= 4 is 0 Å². The molecule has 1 aromatic rings. The van der Waals surface area contributed by atoms with Crippen LogP contribution in [-0.2, 0) is 0 Å². The Morgan fingerprint density at radius 2 is 1.73 bits per heavy atom. The Bertz CT molecular complexity index is 302. The van der Waals surface area contributed by atoms with Crippen LogP contribution in [0.2, 0.25) is 0 Å². The quantitative estimate of drug-likeness (QED) is 0.746. The topological polar surface area (TPSA) is 35.0 Å². The lowest BCUT2D eigenvalue weighted by Gasteiger charge is -2.25. The van der Waals surface area contributed by atoms with Crippen molar-refractivity contribution in [2.75, 3.05) is 0 Å². The predicted octanol–water partition coefficient (Wildman–Crippen LogP) is 2.74. The van der Waals surface area contributed by atoms with Gasteiger partial charge in [-0.2, -0.15) is 0 Å². The maximum atomic E-state index is 5.74. The molecule has 3 nitrogen and oxygen atoms in total. The molecule has 0 bridgehead atoms. The highest BCUT2D eigenvalue weighted by Crippen LogP contribution is 2.25. The van der Waals surface area contributed by atoms with Gasteiger partial charge < -0.3 is 4.74 Å². The highest BCUT2D eigenvalue weighted by molar-refractivity contribution is 5.04. The molecule has 0 atom stereocenters. The van der Waals surface area contributed by atoms with Crippen LogP contribution in [0.5, 0.6) is 6.01 Å². The molecule has 15 heavy (non-hydrogen) atoms. The number of hydrogen-bond acceptors (Lipinski definition) is 3. The Balaban J connectivity index is 1.89. The summed E-state index contributed by atoms with van der Waals surface area (Å²) in [5.74, 6) is 0.851.